The Hall–Kier alpha value is -0.170. The van der Waals surface area contributed by atoms with E-state index in [1.807, 2.05) is 0 Å². The van der Waals surface area contributed by atoms with Gasteiger partial charge in [-0.25, -0.2) is 0 Å². The van der Waals surface area contributed by atoms with E-state index in [1.54, 1.807) is 0 Å². The molecule has 0 aromatic carbocycles. The summed E-state index contributed by atoms with van der Waals surface area (Å²) < 4.78 is 0. The van der Waals surface area contributed by atoms with Crippen LogP contribution in [0.3, 0.4) is 0 Å². The fraction of sp³-hybridized carbons (Fsp3) is 0.500. The highest BCUT2D eigenvalue weighted by Gasteiger charge is 2.09. The summed E-state index contributed by atoms with van der Waals surface area (Å²) in [5.74, 6) is 0.637. The van der Waals surface area contributed by atoms with Crippen molar-refractivity contribution in [2.45, 2.75) is 19.3 Å². The Morgan fingerprint density at radius 2 is 2.33 bits per heavy atom. The highest BCUT2D eigenvalue weighted by molar-refractivity contribution is 7.84. The predicted octanol–water partition coefficient (Wildman–Crippen LogP) is 2.79. The van der Waals surface area contributed by atoms with Crippen molar-refractivity contribution in [1.82, 2.24) is 0 Å². The minimum absolute atomic E-state index is 0.637. The molecule has 0 amide bonds. The fourth-order valence-corrected chi connectivity index (χ4v) is 1.33. The first kappa shape index (κ1) is 6.94. The van der Waals surface area contributed by atoms with Crippen molar-refractivity contribution >= 4 is 12.6 Å². The zero-order valence-electron chi connectivity index (χ0n) is 5.51. The van der Waals surface area contributed by atoms with Gasteiger partial charge >= 0.3 is 0 Å². The van der Waals surface area contributed by atoms with Crippen molar-refractivity contribution in [2.75, 3.05) is 0 Å². The molecule has 0 aliphatic heterocycles. The monoisotopic (exact) mass is 140 g/mol. The van der Waals surface area contributed by atoms with Gasteiger partial charge in [-0.05, 0) is 30.1 Å². The molecule has 0 aromatic heterocycles. The van der Waals surface area contributed by atoms with E-state index in [4.69, 9.17) is 0 Å². The Morgan fingerprint density at radius 3 is 2.67 bits per heavy atom. The minimum atomic E-state index is 0.637. The van der Waals surface area contributed by atoms with Crippen molar-refractivity contribution < 1.29 is 0 Å². The molecule has 0 fully saturated rings. The molecule has 9 heavy (non-hydrogen) atoms. The average Bonchev–Trinajstić information content (AvgIpc) is 1.90. The van der Waals surface area contributed by atoms with Crippen LogP contribution in [0.4, 0.5) is 0 Å². The number of rotatable bonds is 1. The zero-order valence-corrected chi connectivity index (χ0v) is 6.40. The Morgan fingerprint density at radius 1 is 1.56 bits per heavy atom. The molecule has 0 nitrogen and oxygen atoms in total. The first-order valence-electron chi connectivity index (χ1n) is 3.33. The van der Waals surface area contributed by atoms with Crippen LogP contribution < -0.4 is 0 Å². The normalized spacial score (nSPS) is 26.1. The Labute approximate surface area is 62.1 Å². The second-order valence-corrected chi connectivity index (χ2v) is 3.05. The average molecular weight is 140 g/mol. The molecule has 1 aliphatic rings. The fourth-order valence-electron chi connectivity index (χ4n) is 1.10. The van der Waals surface area contributed by atoms with E-state index >= 15 is 0 Å². The number of allylic oxidation sites excluding steroid dienone is 3. The molecule has 1 unspecified atom stereocenters. The summed E-state index contributed by atoms with van der Waals surface area (Å²) >= 11 is 4.21. The molecule has 1 heteroatoms. The third-order valence-electron chi connectivity index (χ3n) is 1.74. The maximum Gasteiger partial charge on any atom is -0.00729 e. The van der Waals surface area contributed by atoms with Crippen molar-refractivity contribution in [3.05, 3.63) is 23.6 Å². The second kappa shape index (κ2) is 3.11. The van der Waals surface area contributed by atoms with E-state index in [1.165, 1.54) is 12.8 Å². The molecule has 0 radical (unpaired) electrons. The molecule has 0 N–H and O–H groups in total. The maximum absolute atomic E-state index is 4.21. The number of thiol groups is 1. The highest BCUT2D eigenvalue weighted by atomic mass is 32.1. The van der Waals surface area contributed by atoms with Gasteiger partial charge < -0.3 is 0 Å². The molecule has 50 valence electrons. The third kappa shape index (κ3) is 1.90. The van der Waals surface area contributed by atoms with Gasteiger partial charge in [0.15, 0.2) is 0 Å². The van der Waals surface area contributed by atoms with E-state index in [0.717, 1.165) is 11.3 Å². The quantitative estimate of drug-likeness (QED) is 0.420. The van der Waals surface area contributed by atoms with Crippen LogP contribution in [0, 0.1) is 5.92 Å². The topological polar surface area (TPSA) is 0 Å². The van der Waals surface area contributed by atoms with Crippen LogP contribution >= 0.6 is 12.6 Å². The molecule has 0 aromatic rings. The SMILES string of the molecule is C=C(S)C1CC=CCC1. The van der Waals surface area contributed by atoms with Crippen molar-refractivity contribution in [3.63, 3.8) is 0 Å². The van der Waals surface area contributed by atoms with Gasteiger partial charge in [-0.15, -0.1) is 12.6 Å². The van der Waals surface area contributed by atoms with Crippen LogP contribution in [-0.4, -0.2) is 0 Å². The van der Waals surface area contributed by atoms with E-state index in [2.05, 4.69) is 31.4 Å². The lowest BCUT2D eigenvalue weighted by atomic mass is 9.94. The van der Waals surface area contributed by atoms with Gasteiger partial charge in [0.25, 0.3) is 0 Å². The lowest BCUT2D eigenvalue weighted by molar-refractivity contribution is 0.578. The maximum atomic E-state index is 4.21. The predicted molar refractivity (Wildman–Crippen MR) is 44.6 cm³/mol. The van der Waals surface area contributed by atoms with Gasteiger partial charge in [-0.3, -0.25) is 0 Å². The molecule has 0 saturated carbocycles. The Kier molecular flexibility index (Phi) is 2.40. The summed E-state index contributed by atoms with van der Waals surface area (Å²) in [6.07, 6.45) is 8.02. The summed E-state index contributed by atoms with van der Waals surface area (Å²) in [6, 6.07) is 0. The van der Waals surface area contributed by atoms with E-state index in [0.29, 0.717) is 5.92 Å². The van der Waals surface area contributed by atoms with Crippen LogP contribution in [0.15, 0.2) is 23.6 Å². The van der Waals surface area contributed by atoms with Gasteiger partial charge in [-0.2, -0.15) is 0 Å². The van der Waals surface area contributed by atoms with Gasteiger partial charge in [-0.1, -0.05) is 18.7 Å². The van der Waals surface area contributed by atoms with Gasteiger partial charge in [0.05, 0.1) is 0 Å². The first-order chi connectivity index (χ1) is 4.30. The largest absolute Gasteiger partial charge is 0.148 e. The molecule has 1 rings (SSSR count). The van der Waals surface area contributed by atoms with E-state index in [9.17, 15) is 0 Å². The molecular weight excluding hydrogens is 128 g/mol. The van der Waals surface area contributed by atoms with E-state index in [-0.39, 0.29) is 0 Å². The summed E-state index contributed by atoms with van der Waals surface area (Å²) in [6.45, 7) is 3.81. The minimum Gasteiger partial charge on any atom is -0.148 e. The zero-order chi connectivity index (χ0) is 6.69. The lowest BCUT2D eigenvalue weighted by Crippen LogP contribution is -2.00. The molecule has 0 spiro atoms. The summed E-state index contributed by atoms with van der Waals surface area (Å²) in [5, 5.41) is 0. The van der Waals surface area contributed by atoms with Crippen molar-refractivity contribution in [1.29, 1.82) is 0 Å². The molecule has 0 bridgehead atoms. The van der Waals surface area contributed by atoms with Crippen LogP contribution in [0.5, 0.6) is 0 Å². The Bertz CT molecular complexity index is 136. The number of hydrogen-bond acceptors (Lipinski definition) is 1. The summed E-state index contributed by atoms with van der Waals surface area (Å²) in [4.78, 5) is 1.04. The second-order valence-electron chi connectivity index (χ2n) is 2.47. The van der Waals surface area contributed by atoms with Gasteiger partial charge in [0, 0.05) is 0 Å². The molecule has 0 saturated heterocycles. The van der Waals surface area contributed by atoms with Crippen LogP contribution in [0.2, 0.25) is 0 Å². The smallest absolute Gasteiger partial charge is 0.00729 e. The molecule has 1 atom stereocenters. The number of hydrogen-bond donors (Lipinski definition) is 1. The summed E-state index contributed by atoms with van der Waals surface area (Å²) in [5.41, 5.74) is 0. The van der Waals surface area contributed by atoms with Crippen LogP contribution in [0.25, 0.3) is 0 Å². The first-order valence-corrected chi connectivity index (χ1v) is 3.78. The highest BCUT2D eigenvalue weighted by Crippen LogP contribution is 2.26. The molecular formula is C8H12S. The van der Waals surface area contributed by atoms with E-state index < -0.39 is 0 Å². The molecule has 0 heterocycles. The lowest BCUT2D eigenvalue weighted by Gasteiger charge is -2.15. The van der Waals surface area contributed by atoms with Crippen molar-refractivity contribution in [2.24, 2.45) is 5.92 Å². The van der Waals surface area contributed by atoms with Gasteiger partial charge in [0.2, 0.25) is 0 Å². The van der Waals surface area contributed by atoms with Gasteiger partial charge in [0.1, 0.15) is 0 Å². The van der Waals surface area contributed by atoms with Crippen LogP contribution in [-0.2, 0) is 0 Å². The van der Waals surface area contributed by atoms with Crippen LogP contribution in [0.1, 0.15) is 19.3 Å². The molecule has 1 aliphatic carbocycles. The third-order valence-corrected chi connectivity index (χ3v) is 2.11. The van der Waals surface area contributed by atoms with Crippen molar-refractivity contribution in [3.8, 4) is 0 Å². The standard InChI is InChI=1S/C8H12S/c1-7(9)8-5-3-2-4-6-8/h2-3,8-9H,1,4-6H2. The Balaban J connectivity index is 2.44. The summed E-state index contributed by atoms with van der Waals surface area (Å²) in [7, 11) is 0.